The van der Waals surface area contributed by atoms with Gasteiger partial charge in [0.1, 0.15) is 17.9 Å². The van der Waals surface area contributed by atoms with Crippen molar-refractivity contribution in [2.75, 3.05) is 11.9 Å². The molecule has 1 aliphatic rings. The number of anilines is 1. The molecule has 0 radical (unpaired) electrons. The van der Waals surface area contributed by atoms with Crippen molar-refractivity contribution < 1.29 is 4.74 Å². The van der Waals surface area contributed by atoms with E-state index in [4.69, 9.17) is 4.74 Å². The summed E-state index contributed by atoms with van der Waals surface area (Å²) in [7, 11) is 0. The van der Waals surface area contributed by atoms with Crippen LogP contribution in [0.2, 0.25) is 0 Å². The van der Waals surface area contributed by atoms with E-state index in [1.54, 1.807) is 6.33 Å². The van der Waals surface area contributed by atoms with Crippen molar-refractivity contribution in [2.24, 2.45) is 0 Å². The lowest BCUT2D eigenvalue weighted by Crippen LogP contribution is -2.20. The molecular formula is C17H15N3O. The molecule has 0 bridgehead atoms. The average Bonchev–Trinajstić information content (AvgIpc) is 2.56. The molecule has 21 heavy (non-hydrogen) atoms. The first-order valence-electron chi connectivity index (χ1n) is 7.10. The lowest BCUT2D eigenvalue weighted by Gasteiger charge is -2.27. The van der Waals surface area contributed by atoms with Gasteiger partial charge in [0.25, 0.3) is 0 Å². The Balaban J connectivity index is 1.73. The number of ether oxygens (including phenoxy) is 1. The molecular weight excluding hydrogens is 262 g/mol. The Kier molecular flexibility index (Phi) is 2.92. The van der Waals surface area contributed by atoms with E-state index in [1.165, 1.54) is 5.56 Å². The largest absolute Gasteiger partial charge is 0.493 e. The highest BCUT2D eigenvalue weighted by molar-refractivity contribution is 5.88. The van der Waals surface area contributed by atoms with Gasteiger partial charge in [-0.2, -0.15) is 0 Å². The summed E-state index contributed by atoms with van der Waals surface area (Å²) in [5.74, 6) is 1.84. The van der Waals surface area contributed by atoms with Crippen LogP contribution in [0.5, 0.6) is 5.75 Å². The quantitative estimate of drug-likeness (QED) is 0.778. The number of fused-ring (bicyclic) bond motifs is 2. The first kappa shape index (κ1) is 12.1. The Morgan fingerprint density at radius 1 is 1.00 bits per heavy atom. The molecule has 0 amide bonds. The summed E-state index contributed by atoms with van der Waals surface area (Å²) in [6, 6.07) is 16.4. The summed E-state index contributed by atoms with van der Waals surface area (Å²) in [5, 5.41) is 4.59. The molecule has 1 aliphatic heterocycles. The van der Waals surface area contributed by atoms with Gasteiger partial charge in [0.05, 0.1) is 18.2 Å². The monoisotopic (exact) mass is 277 g/mol. The molecule has 0 saturated carbocycles. The minimum Gasteiger partial charge on any atom is -0.493 e. The van der Waals surface area contributed by atoms with E-state index < -0.39 is 0 Å². The fourth-order valence-corrected chi connectivity index (χ4v) is 2.78. The highest BCUT2D eigenvalue weighted by Crippen LogP contribution is 2.34. The number of para-hydroxylation sites is 2. The average molecular weight is 277 g/mol. The molecule has 104 valence electrons. The summed E-state index contributed by atoms with van der Waals surface area (Å²) in [4.78, 5) is 8.71. The zero-order valence-electron chi connectivity index (χ0n) is 11.5. The van der Waals surface area contributed by atoms with Gasteiger partial charge in [0, 0.05) is 17.4 Å². The zero-order chi connectivity index (χ0) is 14.1. The molecule has 1 unspecified atom stereocenters. The number of rotatable bonds is 2. The van der Waals surface area contributed by atoms with Gasteiger partial charge in [-0.3, -0.25) is 0 Å². The van der Waals surface area contributed by atoms with E-state index in [0.717, 1.165) is 35.5 Å². The third-order valence-electron chi connectivity index (χ3n) is 3.81. The van der Waals surface area contributed by atoms with Crippen LogP contribution in [0, 0.1) is 0 Å². The highest BCUT2D eigenvalue weighted by atomic mass is 16.5. The van der Waals surface area contributed by atoms with E-state index in [2.05, 4.69) is 21.4 Å². The van der Waals surface area contributed by atoms with Crippen molar-refractivity contribution in [3.63, 3.8) is 0 Å². The molecule has 0 aliphatic carbocycles. The normalized spacial score (nSPS) is 17.0. The number of nitrogens with zero attached hydrogens (tertiary/aromatic N) is 2. The standard InChI is InChI=1S/C17H15N3O/c1-3-7-14-13(6-1)17(19-11-18-14)20-15-9-10-21-16-8-4-2-5-12(15)16/h1-8,11,15H,9-10H2,(H,18,19,20). The number of benzene rings is 2. The van der Waals surface area contributed by atoms with E-state index >= 15 is 0 Å². The van der Waals surface area contributed by atoms with Gasteiger partial charge < -0.3 is 10.1 Å². The third kappa shape index (κ3) is 2.18. The van der Waals surface area contributed by atoms with Gasteiger partial charge in [-0.25, -0.2) is 9.97 Å². The summed E-state index contributed by atoms with van der Waals surface area (Å²) < 4.78 is 5.71. The smallest absolute Gasteiger partial charge is 0.137 e. The maximum atomic E-state index is 5.71. The number of hydrogen-bond donors (Lipinski definition) is 1. The number of hydrogen-bond acceptors (Lipinski definition) is 4. The van der Waals surface area contributed by atoms with E-state index in [0.29, 0.717) is 0 Å². The van der Waals surface area contributed by atoms with E-state index in [-0.39, 0.29) is 6.04 Å². The first-order chi connectivity index (χ1) is 10.4. The fourth-order valence-electron chi connectivity index (χ4n) is 2.78. The van der Waals surface area contributed by atoms with Crippen LogP contribution in [0.3, 0.4) is 0 Å². The van der Waals surface area contributed by atoms with Gasteiger partial charge in [0.2, 0.25) is 0 Å². The van der Waals surface area contributed by atoms with Crippen LogP contribution in [0.15, 0.2) is 54.9 Å². The van der Waals surface area contributed by atoms with Crippen LogP contribution in [0.1, 0.15) is 18.0 Å². The highest BCUT2D eigenvalue weighted by Gasteiger charge is 2.21. The lowest BCUT2D eigenvalue weighted by molar-refractivity contribution is 0.274. The van der Waals surface area contributed by atoms with Crippen LogP contribution in [0.25, 0.3) is 10.9 Å². The molecule has 3 aromatic rings. The van der Waals surface area contributed by atoms with Crippen LogP contribution >= 0.6 is 0 Å². The summed E-state index contributed by atoms with van der Waals surface area (Å²) in [5.41, 5.74) is 2.14. The van der Waals surface area contributed by atoms with Gasteiger partial charge in [-0.1, -0.05) is 30.3 Å². The molecule has 4 nitrogen and oxygen atoms in total. The predicted molar refractivity (Wildman–Crippen MR) is 82.5 cm³/mol. The molecule has 2 heterocycles. The minimum absolute atomic E-state index is 0.216. The lowest BCUT2D eigenvalue weighted by atomic mass is 10.0. The summed E-state index contributed by atoms with van der Waals surface area (Å²) in [6.45, 7) is 0.720. The maximum absolute atomic E-state index is 5.71. The van der Waals surface area contributed by atoms with Gasteiger partial charge in [-0.15, -0.1) is 0 Å². The SMILES string of the molecule is c1ccc2c(c1)OCCC2Nc1ncnc2ccccc12. The number of aromatic nitrogens is 2. The molecule has 0 fully saturated rings. The van der Waals surface area contributed by atoms with Crippen LogP contribution in [-0.4, -0.2) is 16.6 Å². The molecule has 1 atom stereocenters. The van der Waals surface area contributed by atoms with Crippen molar-refractivity contribution in [3.8, 4) is 5.75 Å². The Hall–Kier alpha value is -2.62. The van der Waals surface area contributed by atoms with Gasteiger partial charge >= 0.3 is 0 Å². The maximum Gasteiger partial charge on any atom is 0.137 e. The van der Waals surface area contributed by atoms with Crippen LogP contribution in [-0.2, 0) is 0 Å². The van der Waals surface area contributed by atoms with Crippen LogP contribution in [0.4, 0.5) is 5.82 Å². The Labute approximate surface area is 122 Å². The zero-order valence-corrected chi connectivity index (χ0v) is 11.5. The van der Waals surface area contributed by atoms with Crippen molar-refractivity contribution in [1.82, 2.24) is 9.97 Å². The van der Waals surface area contributed by atoms with E-state index in [9.17, 15) is 0 Å². The van der Waals surface area contributed by atoms with Gasteiger partial charge in [-0.05, 0) is 18.2 Å². The molecule has 2 aromatic carbocycles. The molecule has 4 rings (SSSR count). The van der Waals surface area contributed by atoms with Crippen molar-refractivity contribution in [3.05, 3.63) is 60.4 Å². The molecule has 4 heteroatoms. The second-order valence-electron chi connectivity index (χ2n) is 5.11. The second kappa shape index (κ2) is 5.05. The molecule has 0 saturated heterocycles. The van der Waals surface area contributed by atoms with Crippen molar-refractivity contribution in [2.45, 2.75) is 12.5 Å². The summed E-state index contributed by atoms with van der Waals surface area (Å²) in [6.07, 6.45) is 2.53. The molecule has 1 N–H and O–H groups in total. The Morgan fingerprint density at radius 3 is 2.86 bits per heavy atom. The second-order valence-corrected chi connectivity index (χ2v) is 5.11. The Morgan fingerprint density at radius 2 is 1.86 bits per heavy atom. The number of nitrogens with one attached hydrogen (secondary N) is 1. The van der Waals surface area contributed by atoms with Crippen molar-refractivity contribution >= 4 is 16.7 Å². The fraction of sp³-hybridized carbons (Fsp3) is 0.176. The molecule has 0 spiro atoms. The van der Waals surface area contributed by atoms with Crippen molar-refractivity contribution in [1.29, 1.82) is 0 Å². The third-order valence-corrected chi connectivity index (χ3v) is 3.81. The van der Waals surface area contributed by atoms with E-state index in [1.807, 2.05) is 42.5 Å². The van der Waals surface area contributed by atoms with Gasteiger partial charge in [0.15, 0.2) is 0 Å². The predicted octanol–water partition coefficient (Wildman–Crippen LogP) is 3.57. The van der Waals surface area contributed by atoms with Crippen LogP contribution < -0.4 is 10.1 Å². The minimum atomic E-state index is 0.216. The molecule has 1 aromatic heterocycles. The summed E-state index contributed by atoms with van der Waals surface area (Å²) >= 11 is 0. The topological polar surface area (TPSA) is 47.0 Å². The Bertz CT molecular complexity index is 782. The first-order valence-corrected chi connectivity index (χ1v) is 7.10.